The lowest BCUT2D eigenvalue weighted by molar-refractivity contribution is 0.105. The molecule has 12 nitrogen and oxygen atoms in total. The Bertz CT molecular complexity index is 1230. The number of nitrogens with one attached hydrogen (secondary N) is 1. The van der Waals surface area contributed by atoms with Crippen LogP contribution in [-0.2, 0) is 18.3 Å². The average molecular weight is 475 g/mol. The number of carbonyl (C=O) groups excluding carboxylic acids is 1. The Labute approximate surface area is 193 Å². The first-order valence-electron chi connectivity index (χ1n) is 10.8. The molecule has 0 radical (unpaired) electrons. The zero-order chi connectivity index (χ0) is 23.4. The highest BCUT2D eigenvalue weighted by atomic mass is 32.2. The molecule has 1 aliphatic rings. The van der Waals surface area contributed by atoms with Crippen LogP contribution in [0.4, 0.5) is 10.7 Å². The van der Waals surface area contributed by atoms with Crippen molar-refractivity contribution < 1.29 is 9.53 Å². The Morgan fingerprint density at radius 1 is 1.18 bits per heavy atom. The van der Waals surface area contributed by atoms with E-state index in [9.17, 15) is 14.4 Å². The van der Waals surface area contributed by atoms with Gasteiger partial charge in [0.05, 0.1) is 6.61 Å². The predicted octanol–water partition coefficient (Wildman–Crippen LogP) is 0.674. The number of aryl methyl sites for hydroxylation is 2. The Balaban J connectivity index is 1.57. The van der Waals surface area contributed by atoms with E-state index in [4.69, 9.17) is 4.74 Å². The van der Waals surface area contributed by atoms with Gasteiger partial charge in [0.25, 0.3) is 5.56 Å². The van der Waals surface area contributed by atoms with Crippen molar-refractivity contribution in [2.45, 2.75) is 25.0 Å². The van der Waals surface area contributed by atoms with Crippen LogP contribution in [0.5, 0.6) is 0 Å². The third kappa shape index (κ3) is 4.87. The van der Waals surface area contributed by atoms with E-state index in [-0.39, 0.29) is 6.09 Å². The second kappa shape index (κ2) is 10.1. The molecule has 4 heterocycles. The highest BCUT2D eigenvalue weighted by molar-refractivity contribution is 7.99. The summed E-state index contributed by atoms with van der Waals surface area (Å²) in [5, 5.41) is 0.698. The summed E-state index contributed by atoms with van der Waals surface area (Å²) in [6, 6.07) is 1.77. The van der Waals surface area contributed by atoms with Crippen molar-refractivity contribution in [3.63, 3.8) is 0 Å². The third-order valence-electron chi connectivity index (χ3n) is 5.37. The van der Waals surface area contributed by atoms with Crippen molar-refractivity contribution in [3.8, 4) is 0 Å². The highest BCUT2D eigenvalue weighted by Gasteiger charge is 2.27. The summed E-state index contributed by atoms with van der Waals surface area (Å²) in [6.07, 6.45) is 3.82. The van der Waals surface area contributed by atoms with Gasteiger partial charge in [-0.1, -0.05) is 11.8 Å². The van der Waals surface area contributed by atoms with Crippen LogP contribution in [0.25, 0.3) is 11.2 Å². The second-order valence-electron chi connectivity index (χ2n) is 7.46. The molecule has 1 amide bonds. The molecular weight excluding hydrogens is 448 g/mol. The molecule has 3 aromatic rings. The standard InChI is InChI=1S/C20H26N8O4S/c1-3-32-20(31)27-11-9-26(10-12-27)18-23-15-14(16(29)24-19(30)25(15)2)28(18)8-5-13-33-17-21-6-4-7-22-17/h4,6-7H,3,5,8-13H2,1-2H3,(H,24,29,30). The third-order valence-corrected chi connectivity index (χ3v) is 6.34. The minimum absolute atomic E-state index is 0.329. The van der Waals surface area contributed by atoms with E-state index < -0.39 is 11.2 Å². The number of amides is 1. The Morgan fingerprint density at radius 2 is 1.91 bits per heavy atom. The SMILES string of the molecule is CCOC(=O)N1CCN(c2nc3c(c(=O)[nH]c(=O)n3C)n2CCCSc2ncccn2)CC1. The van der Waals surface area contributed by atoms with Gasteiger partial charge in [-0.15, -0.1) is 0 Å². The molecule has 0 aliphatic carbocycles. The number of anilines is 1. The molecule has 0 saturated carbocycles. The Hall–Kier alpha value is -3.35. The largest absolute Gasteiger partial charge is 0.450 e. The number of thioether (sulfide) groups is 1. The summed E-state index contributed by atoms with van der Waals surface area (Å²) in [6.45, 7) is 4.70. The Kier molecular flexibility index (Phi) is 6.96. The molecule has 1 saturated heterocycles. The molecule has 3 aromatic heterocycles. The number of nitrogens with zero attached hydrogens (tertiary/aromatic N) is 7. The van der Waals surface area contributed by atoms with Crippen LogP contribution < -0.4 is 16.1 Å². The van der Waals surface area contributed by atoms with E-state index in [0.717, 1.165) is 12.2 Å². The summed E-state index contributed by atoms with van der Waals surface area (Å²) in [4.78, 5) is 56.0. The van der Waals surface area contributed by atoms with Crippen LogP contribution >= 0.6 is 11.8 Å². The lowest BCUT2D eigenvalue weighted by Gasteiger charge is -2.34. The van der Waals surface area contributed by atoms with E-state index in [0.29, 0.717) is 61.6 Å². The number of H-pyrrole nitrogens is 1. The lowest BCUT2D eigenvalue weighted by Crippen LogP contribution is -2.49. The summed E-state index contributed by atoms with van der Waals surface area (Å²) < 4.78 is 8.30. The number of rotatable bonds is 7. The number of hydrogen-bond acceptors (Lipinski definition) is 9. The number of carbonyl (C=O) groups is 1. The van der Waals surface area contributed by atoms with Gasteiger partial charge >= 0.3 is 11.8 Å². The smallest absolute Gasteiger partial charge is 0.409 e. The van der Waals surface area contributed by atoms with E-state index >= 15 is 0 Å². The zero-order valence-electron chi connectivity index (χ0n) is 18.6. The van der Waals surface area contributed by atoms with Gasteiger partial charge in [0, 0.05) is 57.9 Å². The topological polar surface area (TPSA) is 131 Å². The quantitative estimate of drug-likeness (QED) is 0.298. The van der Waals surface area contributed by atoms with Crippen LogP contribution in [-0.4, -0.2) is 78.6 Å². The molecule has 176 valence electrons. The number of piperazine rings is 1. The van der Waals surface area contributed by atoms with Crippen molar-refractivity contribution in [1.82, 2.24) is 34.0 Å². The van der Waals surface area contributed by atoms with Crippen molar-refractivity contribution >= 4 is 35.0 Å². The average Bonchev–Trinajstić information content (AvgIpc) is 3.21. The lowest BCUT2D eigenvalue weighted by atomic mass is 10.3. The summed E-state index contributed by atoms with van der Waals surface area (Å²) >= 11 is 1.54. The fourth-order valence-electron chi connectivity index (χ4n) is 3.73. The monoisotopic (exact) mass is 474 g/mol. The van der Waals surface area contributed by atoms with Crippen LogP contribution in [0.3, 0.4) is 0 Å². The minimum atomic E-state index is -0.507. The summed E-state index contributed by atoms with van der Waals surface area (Å²) in [7, 11) is 1.59. The van der Waals surface area contributed by atoms with Gasteiger partial charge in [0.1, 0.15) is 0 Å². The minimum Gasteiger partial charge on any atom is -0.450 e. The molecule has 4 rings (SSSR count). The number of aromatic amines is 1. The van der Waals surface area contributed by atoms with Crippen molar-refractivity contribution in [1.29, 1.82) is 0 Å². The van der Waals surface area contributed by atoms with Crippen molar-refractivity contribution in [2.75, 3.05) is 43.4 Å². The molecular formula is C20H26N8O4S. The normalized spacial score (nSPS) is 14.1. The molecule has 0 atom stereocenters. The molecule has 13 heteroatoms. The molecule has 1 fully saturated rings. The maximum absolute atomic E-state index is 12.7. The maximum Gasteiger partial charge on any atom is 0.409 e. The fraction of sp³-hybridized carbons (Fsp3) is 0.500. The van der Waals surface area contributed by atoms with E-state index in [1.54, 1.807) is 37.3 Å². The molecule has 33 heavy (non-hydrogen) atoms. The molecule has 0 unspecified atom stereocenters. The summed E-state index contributed by atoms with van der Waals surface area (Å²) in [5.41, 5.74) is -0.268. The van der Waals surface area contributed by atoms with Crippen molar-refractivity contribution in [3.05, 3.63) is 39.3 Å². The molecule has 1 N–H and O–H groups in total. The fourth-order valence-corrected chi connectivity index (χ4v) is 4.45. The van der Waals surface area contributed by atoms with E-state index in [1.165, 1.54) is 16.3 Å². The molecule has 0 aromatic carbocycles. The molecule has 1 aliphatic heterocycles. The predicted molar refractivity (Wildman–Crippen MR) is 124 cm³/mol. The number of hydrogen-bond donors (Lipinski definition) is 1. The van der Waals surface area contributed by atoms with Crippen molar-refractivity contribution in [2.24, 2.45) is 7.05 Å². The van der Waals surface area contributed by atoms with Crippen LogP contribution in [0, 0.1) is 0 Å². The van der Waals surface area contributed by atoms with Gasteiger partial charge in [-0.3, -0.25) is 14.3 Å². The van der Waals surface area contributed by atoms with Crippen LogP contribution in [0.1, 0.15) is 13.3 Å². The number of imidazole rings is 1. The first kappa shape index (κ1) is 22.8. The number of aromatic nitrogens is 6. The van der Waals surface area contributed by atoms with Gasteiger partial charge in [-0.2, -0.15) is 4.98 Å². The van der Waals surface area contributed by atoms with Gasteiger partial charge < -0.3 is 19.1 Å². The summed E-state index contributed by atoms with van der Waals surface area (Å²) in [5.74, 6) is 1.37. The second-order valence-corrected chi connectivity index (χ2v) is 8.52. The first-order chi connectivity index (χ1) is 16.0. The first-order valence-corrected chi connectivity index (χ1v) is 11.7. The van der Waals surface area contributed by atoms with Crippen LogP contribution in [0.2, 0.25) is 0 Å². The van der Waals surface area contributed by atoms with E-state index in [2.05, 4.69) is 19.9 Å². The van der Waals surface area contributed by atoms with Gasteiger partial charge in [0.2, 0.25) is 5.95 Å². The van der Waals surface area contributed by atoms with Gasteiger partial charge in [-0.05, 0) is 19.4 Å². The van der Waals surface area contributed by atoms with Crippen LogP contribution in [0.15, 0.2) is 33.2 Å². The van der Waals surface area contributed by atoms with Gasteiger partial charge in [-0.25, -0.2) is 19.6 Å². The van der Waals surface area contributed by atoms with E-state index in [1.807, 2.05) is 9.47 Å². The van der Waals surface area contributed by atoms with Gasteiger partial charge in [0.15, 0.2) is 16.3 Å². The molecule has 0 spiro atoms. The highest BCUT2D eigenvalue weighted by Crippen LogP contribution is 2.22. The molecule has 0 bridgehead atoms. The number of ether oxygens (including phenoxy) is 1. The Morgan fingerprint density at radius 3 is 2.61 bits per heavy atom. The zero-order valence-corrected chi connectivity index (χ0v) is 19.4. The maximum atomic E-state index is 12.7. The number of fused-ring (bicyclic) bond motifs is 1.